The number of nitrogens with zero attached hydrogens (tertiary/aromatic N) is 4. The van der Waals surface area contributed by atoms with Gasteiger partial charge in [-0.25, -0.2) is 4.68 Å². The lowest BCUT2D eigenvalue weighted by Gasteiger charge is -2.33. The highest BCUT2D eigenvalue weighted by molar-refractivity contribution is 7.11. The van der Waals surface area contributed by atoms with Gasteiger partial charge in [0, 0.05) is 12.6 Å². The number of anilines is 1. The van der Waals surface area contributed by atoms with Gasteiger partial charge in [0.15, 0.2) is 6.04 Å². The summed E-state index contributed by atoms with van der Waals surface area (Å²) >= 11 is 1.16. The molecule has 0 saturated heterocycles. The van der Waals surface area contributed by atoms with Crippen molar-refractivity contribution in [3.8, 4) is 0 Å². The Morgan fingerprint density at radius 1 is 1.48 bits per heavy atom. The fraction of sp³-hybridized carbons (Fsp3) is 0.417. The Balaban J connectivity index is 2.00. The van der Waals surface area contributed by atoms with Crippen LogP contribution in [-0.2, 0) is 0 Å². The van der Waals surface area contributed by atoms with Gasteiger partial charge in [-0.15, -0.1) is 11.3 Å². The Morgan fingerprint density at radius 2 is 2.24 bits per heavy atom. The van der Waals surface area contributed by atoms with Crippen LogP contribution in [0.2, 0.25) is 0 Å². The number of rotatable bonds is 1. The Kier molecular flexibility index (Phi) is 3.23. The van der Waals surface area contributed by atoms with E-state index in [0.717, 1.165) is 16.0 Å². The second-order valence-electron chi connectivity index (χ2n) is 4.76. The lowest BCUT2D eigenvalue weighted by atomic mass is 10.1. The standard InChI is InChI=1S/C12H11F3N4OS/c1-7-4-10-18(11(20)8-5-16-6-21-8)3-2-9(12(13,14)15)19(10)17-7/h4-6,9H,2-3H2,1H3. The van der Waals surface area contributed by atoms with Crippen molar-refractivity contribution in [3.63, 3.8) is 0 Å². The molecule has 1 aliphatic heterocycles. The molecule has 21 heavy (non-hydrogen) atoms. The van der Waals surface area contributed by atoms with Gasteiger partial charge in [0.1, 0.15) is 10.7 Å². The molecule has 0 bridgehead atoms. The van der Waals surface area contributed by atoms with Crippen molar-refractivity contribution in [1.29, 1.82) is 0 Å². The third kappa shape index (κ3) is 2.41. The van der Waals surface area contributed by atoms with Crippen molar-refractivity contribution in [2.45, 2.75) is 25.6 Å². The molecule has 2 aromatic rings. The van der Waals surface area contributed by atoms with E-state index in [1.165, 1.54) is 22.7 Å². The highest BCUT2D eigenvalue weighted by Gasteiger charge is 2.46. The first-order valence-electron chi connectivity index (χ1n) is 6.21. The van der Waals surface area contributed by atoms with E-state index in [9.17, 15) is 18.0 Å². The molecule has 0 aliphatic carbocycles. The Bertz CT molecular complexity index is 665. The Morgan fingerprint density at radius 3 is 2.86 bits per heavy atom. The highest BCUT2D eigenvalue weighted by Crippen LogP contribution is 2.39. The predicted molar refractivity (Wildman–Crippen MR) is 70.5 cm³/mol. The smallest absolute Gasteiger partial charge is 0.292 e. The summed E-state index contributed by atoms with van der Waals surface area (Å²) in [6.07, 6.45) is -3.18. The maximum atomic E-state index is 13.1. The van der Waals surface area contributed by atoms with E-state index in [0.29, 0.717) is 10.6 Å². The molecule has 2 aromatic heterocycles. The highest BCUT2D eigenvalue weighted by atomic mass is 32.1. The number of aryl methyl sites for hydroxylation is 1. The molecule has 9 heteroatoms. The number of thiazole rings is 1. The molecule has 112 valence electrons. The summed E-state index contributed by atoms with van der Waals surface area (Å²) < 4.78 is 40.1. The Hall–Kier alpha value is -1.90. The SMILES string of the molecule is Cc1cc2n(n1)C(C(F)(F)F)CCN2C(=O)c1cncs1. The van der Waals surface area contributed by atoms with E-state index < -0.39 is 12.2 Å². The number of aromatic nitrogens is 3. The first-order chi connectivity index (χ1) is 9.88. The zero-order valence-electron chi connectivity index (χ0n) is 11.0. The second kappa shape index (κ2) is 4.83. The summed E-state index contributed by atoms with van der Waals surface area (Å²) in [4.78, 5) is 17.9. The van der Waals surface area contributed by atoms with E-state index in [2.05, 4.69) is 10.1 Å². The molecule has 3 rings (SSSR count). The van der Waals surface area contributed by atoms with Crippen LogP contribution in [0.3, 0.4) is 0 Å². The molecular weight excluding hydrogens is 305 g/mol. The fourth-order valence-corrected chi connectivity index (χ4v) is 2.95. The zero-order chi connectivity index (χ0) is 15.2. The minimum absolute atomic E-state index is 0.00600. The Labute approximate surface area is 122 Å². The molecule has 0 spiro atoms. The molecule has 1 amide bonds. The predicted octanol–water partition coefficient (Wildman–Crippen LogP) is 2.80. The van der Waals surface area contributed by atoms with Crippen molar-refractivity contribution >= 4 is 23.1 Å². The first kappa shape index (κ1) is 14.1. The maximum Gasteiger partial charge on any atom is 0.410 e. The van der Waals surface area contributed by atoms with Crippen molar-refractivity contribution in [2.24, 2.45) is 0 Å². The minimum Gasteiger partial charge on any atom is -0.292 e. The van der Waals surface area contributed by atoms with Gasteiger partial charge in [-0.05, 0) is 13.3 Å². The maximum absolute atomic E-state index is 13.1. The van der Waals surface area contributed by atoms with Crippen molar-refractivity contribution < 1.29 is 18.0 Å². The number of carbonyl (C=O) groups is 1. The van der Waals surface area contributed by atoms with Crippen LogP contribution < -0.4 is 4.90 Å². The normalized spacial score (nSPS) is 18.7. The second-order valence-corrected chi connectivity index (χ2v) is 5.64. The summed E-state index contributed by atoms with van der Waals surface area (Å²) in [7, 11) is 0. The molecule has 0 saturated carbocycles. The van der Waals surface area contributed by atoms with Gasteiger partial charge in [-0.1, -0.05) is 0 Å². The van der Waals surface area contributed by atoms with E-state index in [4.69, 9.17) is 0 Å². The largest absolute Gasteiger partial charge is 0.410 e. The first-order valence-corrected chi connectivity index (χ1v) is 7.09. The fourth-order valence-electron chi connectivity index (χ4n) is 2.38. The zero-order valence-corrected chi connectivity index (χ0v) is 11.8. The van der Waals surface area contributed by atoms with E-state index in [1.54, 1.807) is 6.92 Å². The molecule has 0 fully saturated rings. The van der Waals surface area contributed by atoms with Gasteiger partial charge >= 0.3 is 6.18 Å². The molecule has 0 radical (unpaired) electrons. The number of amides is 1. The van der Waals surface area contributed by atoms with Gasteiger partial charge in [-0.3, -0.25) is 14.7 Å². The molecule has 5 nitrogen and oxygen atoms in total. The number of halogens is 3. The van der Waals surface area contributed by atoms with Crippen LogP contribution in [0.5, 0.6) is 0 Å². The third-order valence-electron chi connectivity index (χ3n) is 3.30. The summed E-state index contributed by atoms with van der Waals surface area (Å²) in [5.74, 6) is -0.168. The number of fused-ring (bicyclic) bond motifs is 1. The van der Waals surface area contributed by atoms with E-state index in [-0.39, 0.29) is 24.7 Å². The van der Waals surface area contributed by atoms with Crippen LogP contribution in [0.1, 0.15) is 27.8 Å². The number of carbonyl (C=O) groups excluding carboxylic acids is 1. The van der Waals surface area contributed by atoms with Crippen molar-refractivity contribution in [2.75, 3.05) is 11.4 Å². The van der Waals surface area contributed by atoms with Crippen LogP contribution in [-0.4, -0.2) is 33.4 Å². The van der Waals surface area contributed by atoms with Gasteiger partial charge < -0.3 is 0 Å². The average molecular weight is 316 g/mol. The monoisotopic (exact) mass is 316 g/mol. The van der Waals surface area contributed by atoms with Crippen LogP contribution >= 0.6 is 11.3 Å². The topological polar surface area (TPSA) is 51.0 Å². The van der Waals surface area contributed by atoms with Crippen molar-refractivity contribution in [3.05, 3.63) is 28.3 Å². The average Bonchev–Trinajstić information content (AvgIpc) is 3.03. The lowest BCUT2D eigenvalue weighted by molar-refractivity contribution is -0.172. The molecule has 1 unspecified atom stereocenters. The minimum atomic E-state index is -4.38. The van der Waals surface area contributed by atoms with Gasteiger partial charge in [-0.2, -0.15) is 18.3 Å². The number of hydrogen-bond donors (Lipinski definition) is 0. The molecule has 1 aliphatic rings. The summed E-state index contributed by atoms with van der Waals surface area (Å²) in [6.45, 7) is 1.61. The van der Waals surface area contributed by atoms with E-state index >= 15 is 0 Å². The molecule has 0 N–H and O–H groups in total. The number of alkyl halides is 3. The lowest BCUT2D eigenvalue weighted by Crippen LogP contribution is -2.42. The third-order valence-corrected chi connectivity index (χ3v) is 4.06. The van der Waals surface area contributed by atoms with Crippen LogP contribution in [0.4, 0.5) is 19.0 Å². The van der Waals surface area contributed by atoms with E-state index in [1.807, 2.05) is 0 Å². The molecule has 3 heterocycles. The summed E-state index contributed by atoms with van der Waals surface area (Å²) in [6, 6.07) is -0.191. The summed E-state index contributed by atoms with van der Waals surface area (Å²) in [5, 5.41) is 3.90. The summed E-state index contributed by atoms with van der Waals surface area (Å²) in [5.41, 5.74) is 1.96. The molecular formula is C12H11F3N4OS. The quantitative estimate of drug-likeness (QED) is 0.813. The van der Waals surface area contributed by atoms with Gasteiger partial charge in [0.2, 0.25) is 0 Å². The van der Waals surface area contributed by atoms with Gasteiger partial charge in [0.25, 0.3) is 5.91 Å². The van der Waals surface area contributed by atoms with Crippen molar-refractivity contribution in [1.82, 2.24) is 14.8 Å². The van der Waals surface area contributed by atoms with Crippen LogP contribution in [0.15, 0.2) is 17.8 Å². The molecule has 1 atom stereocenters. The van der Waals surface area contributed by atoms with Crippen LogP contribution in [0.25, 0.3) is 0 Å². The molecule has 0 aromatic carbocycles. The van der Waals surface area contributed by atoms with Crippen LogP contribution in [0, 0.1) is 6.92 Å². The number of hydrogen-bond acceptors (Lipinski definition) is 4. The van der Waals surface area contributed by atoms with Gasteiger partial charge in [0.05, 0.1) is 17.4 Å².